The normalized spacial score (nSPS) is 18.4. The van der Waals surface area contributed by atoms with Gasteiger partial charge in [0.25, 0.3) is 0 Å². The zero-order valence-electron chi connectivity index (χ0n) is 11.7. The predicted molar refractivity (Wildman–Crippen MR) is 79.5 cm³/mol. The van der Waals surface area contributed by atoms with Crippen LogP contribution >= 0.6 is 11.6 Å². The first-order valence-electron chi connectivity index (χ1n) is 7.08. The maximum absolute atomic E-state index is 13.1. The van der Waals surface area contributed by atoms with Crippen LogP contribution in [0.4, 0.5) is 10.1 Å². The van der Waals surface area contributed by atoms with Crippen LogP contribution < -0.4 is 5.32 Å². The average Bonchev–Trinajstić information content (AvgIpc) is 2.71. The van der Waals surface area contributed by atoms with Crippen molar-refractivity contribution in [1.29, 1.82) is 0 Å². The number of carbonyl (C=O) groups excluding carboxylic acids is 1. The van der Waals surface area contributed by atoms with Crippen LogP contribution in [0, 0.1) is 5.82 Å². The molecule has 1 atom stereocenters. The second-order valence-corrected chi connectivity index (χ2v) is 5.65. The predicted octanol–water partition coefficient (Wildman–Crippen LogP) is 3.68. The van der Waals surface area contributed by atoms with Crippen molar-refractivity contribution in [3.8, 4) is 0 Å². The Morgan fingerprint density at radius 1 is 1.30 bits per heavy atom. The summed E-state index contributed by atoms with van der Waals surface area (Å²) in [6, 6.07) is 4.03. The minimum atomic E-state index is -0.481. The van der Waals surface area contributed by atoms with Gasteiger partial charge in [-0.05, 0) is 51.1 Å². The summed E-state index contributed by atoms with van der Waals surface area (Å²) in [6.07, 6.45) is 4.75. The zero-order chi connectivity index (χ0) is 14.5. The SMILES string of the molecule is CC(C(=O)Nc1ccc(F)c(Cl)c1)N1CCCCCC1. The highest BCUT2D eigenvalue weighted by Gasteiger charge is 2.22. The minimum absolute atomic E-state index is 0.0187. The Hall–Kier alpha value is -1.13. The number of carbonyl (C=O) groups is 1. The second kappa shape index (κ2) is 7.04. The monoisotopic (exact) mass is 298 g/mol. The van der Waals surface area contributed by atoms with Gasteiger partial charge in [-0.2, -0.15) is 0 Å². The first kappa shape index (κ1) is 15.3. The summed E-state index contributed by atoms with van der Waals surface area (Å²) in [4.78, 5) is 14.4. The van der Waals surface area contributed by atoms with Crippen molar-refractivity contribution in [1.82, 2.24) is 4.90 Å². The summed E-state index contributed by atoms with van der Waals surface area (Å²) < 4.78 is 13.1. The van der Waals surface area contributed by atoms with E-state index < -0.39 is 5.82 Å². The maximum atomic E-state index is 13.1. The molecular weight excluding hydrogens is 279 g/mol. The quantitative estimate of drug-likeness (QED) is 0.923. The van der Waals surface area contributed by atoms with Gasteiger partial charge < -0.3 is 5.32 Å². The second-order valence-electron chi connectivity index (χ2n) is 5.24. The summed E-state index contributed by atoms with van der Waals surface area (Å²) >= 11 is 5.71. The number of anilines is 1. The first-order valence-corrected chi connectivity index (χ1v) is 7.45. The molecule has 1 aliphatic heterocycles. The van der Waals surface area contributed by atoms with Crippen LogP contribution in [0.25, 0.3) is 0 Å². The van der Waals surface area contributed by atoms with Crippen molar-refractivity contribution in [3.63, 3.8) is 0 Å². The fraction of sp³-hybridized carbons (Fsp3) is 0.533. The first-order chi connectivity index (χ1) is 9.58. The van der Waals surface area contributed by atoms with E-state index in [1.807, 2.05) is 6.92 Å². The van der Waals surface area contributed by atoms with Crippen LogP contribution in [-0.4, -0.2) is 29.9 Å². The molecular formula is C15H20ClFN2O. The molecule has 0 saturated carbocycles. The van der Waals surface area contributed by atoms with E-state index in [1.165, 1.54) is 31.0 Å². The van der Waals surface area contributed by atoms with Gasteiger partial charge in [0, 0.05) is 5.69 Å². The summed E-state index contributed by atoms with van der Waals surface area (Å²) in [5, 5.41) is 2.81. The van der Waals surface area contributed by atoms with Gasteiger partial charge in [-0.1, -0.05) is 24.4 Å². The number of nitrogens with zero attached hydrogens (tertiary/aromatic N) is 1. The fourth-order valence-corrected chi connectivity index (χ4v) is 2.65. The summed E-state index contributed by atoms with van der Waals surface area (Å²) in [5.41, 5.74) is 0.531. The van der Waals surface area contributed by atoms with Gasteiger partial charge in [-0.25, -0.2) is 4.39 Å². The van der Waals surface area contributed by atoms with E-state index in [1.54, 1.807) is 0 Å². The van der Waals surface area contributed by atoms with E-state index in [4.69, 9.17) is 11.6 Å². The molecule has 1 aromatic rings. The molecule has 1 saturated heterocycles. The topological polar surface area (TPSA) is 32.3 Å². The molecule has 1 amide bonds. The molecule has 1 N–H and O–H groups in total. The van der Waals surface area contributed by atoms with Crippen molar-refractivity contribution in [3.05, 3.63) is 29.0 Å². The molecule has 110 valence electrons. The maximum Gasteiger partial charge on any atom is 0.241 e. The summed E-state index contributed by atoms with van der Waals surface area (Å²) in [6.45, 7) is 3.82. The van der Waals surface area contributed by atoms with Gasteiger partial charge in [0.2, 0.25) is 5.91 Å². The number of nitrogens with one attached hydrogen (secondary N) is 1. The van der Waals surface area contributed by atoms with E-state index in [2.05, 4.69) is 10.2 Å². The zero-order valence-corrected chi connectivity index (χ0v) is 12.4. The average molecular weight is 299 g/mol. The van der Waals surface area contributed by atoms with Crippen LogP contribution in [0.5, 0.6) is 0 Å². The highest BCUT2D eigenvalue weighted by atomic mass is 35.5. The molecule has 2 rings (SSSR count). The highest BCUT2D eigenvalue weighted by Crippen LogP contribution is 2.20. The van der Waals surface area contributed by atoms with E-state index in [9.17, 15) is 9.18 Å². The molecule has 1 aliphatic rings. The van der Waals surface area contributed by atoms with Crippen molar-refractivity contribution >= 4 is 23.2 Å². The van der Waals surface area contributed by atoms with Gasteiger partial charge in [0.1, 0.15) is 5.82 Å². The number of likely N-dealkylation sites (tertiary alicyclic amines) is 1. The molecule has 0 radical (unpaired) electrons. The molecule has 1 unspecified atom stereocenters. The van der Waals surface area contributed by atoms with Crippen LogP contribution in [0.15, 0.2) is 18.2 Å². The standard InChI is InChI=1S/C15H20ClFN2O/c1-11(19-8-4-2-3-5-9-19)15(20)18-12-6-7-14(17)13(16)10-12/h6-7,10-11H,2-5,8-9H2,1H3,(H,18,20). The number of hydrogen-bond acceptors (Lipinski definition) is 2. The summed E-state index contributed by atoms with van der Waals surface area (Å²) in [7, 11) is 0. The number of benzene rings is 1. The van der Waals surface area contributed by atoms with Crippen molar-refractivity contribution < 1.29 is 9.18 Å². The Labute approximate surface area is 124 Å². The number of amides is 1. The molecule has 20 heavy (non-hydrogen) atoms. The van der Waals surface area contributed by atoms with E-state index >= 15 is 0 Å². The molecule has 5 heteroatoms. The number of hydrogen-bond donors (Lipinski definition) is 1. The van der Waals surface area contributed by atoms with E-state index in [0.29, 0.717) is 5.69 Å². The molecule has 0 aliphatic carbocycles. The molecule has 1 heterocycles. The van der Waals surface area contributed by atoms with Crippen molar-refractivity contribution in [2.75, 3.05) is 18.4 Å². The molecule has 0 bridgehead atoms. The fourth-order valence-electron chi connectivity index (χ4n) is 2.47. The van der Waals surface area contributed by atoms with Crippen LogP contribution in [-0.2, 0) is 4.79 Å². The lowest BCUT2D eigenvalue weighted by atomic mass is 10.2. The number of halogens is 2. The lowest BCUT2D eigenvalue weighted by molar-refractivity contribution is -0.120. The lowest BCUT2D eigenvalue weighted by Gasteiger charge is -2.26. The van der Waals surface area contributed by atoms with E-state index in [-0.39, 0.29) is 17.0 Å². The highest BCUT2D eigenvalue weighted by molar-refractivity contribution is 6.31. The van der Waals surface area contributed by atoms with Gasteiger partial charge in [-0.3, -0.25) is 9.69 Å². The molecule has 0 spiro atoms. The van der Waals surface area contributed by atoms with Crippen molar-refractivity contribution in [2.45, 2.75) is 38.6 Å². The Morgan fingerprint density at radius 2 is 1.95 bits per heavy atom. The lowest BCUT2D eigenvalue weighted by Crippen LogP contribution is -2.42. The van der Waals surface area contributed by atoms with Gasteiger partial charge in [-0.15, -0.1) is 0 Å². The van der Waals surface area contributed by atoms with Gasteiger partial charge >= 0.3 is 0 Å². The Morgan fingerprint density at radius 3 is 2.55 bits per heavy atom. The van der Waals surface area contributed by atoms with Gasteiger partial charge in [0.15, 0.2) is 0 Å². The van der Waals surface area contributed by atoms with Crippen LogP contribution in [0.1, 0.15) is 32.6 Å². The molecule has 1 fully saturated rings. The summed E-state index contributed by atoms with van der Waals surface area (Å²) in [5.74, 6) is -0.556. The Balaban J connectivity index is 1.97. The minimum Gasteiger partial charge on any atom is -0.325 e. The molecule has 0 aromatic heterocycles. The van der Waals surface area contributed by atoms with E-state index in [0.717, 1.165) is 25.9 Å². The van der Waals surface area contributed by atoms with Crippen LogP contribution in [0.3, 0.4) is 0 Å². The third-order valence-electron chi connectivity index (χ3n) is 3.75. The Kier molecular flexibility index (Phi) is 5.38. The Bertz CT molecular complexity index is 473. The molecule has 3 nitrogen and oxygen atoms in total. The van der Waals surface area contributed by atoms with Crippen LogP contribution in [0.2, 0.25) is 5.02 Å². The molecule has 1 aromatic carbocycles. The van der Waals surface area contributed by atoms with Gasteiger partial charge in [0.05, 0.1) is 11.1 Å². The smallest absolute Gasteiger partial charge is 0.241 e. The third-order valence-corrected chi connectivity index (χ3v) is 4.04. The number of rotatable bonds is 3. The third kappa shape index (κ3) is 3.93. The largest absolute Gasteiger partial charge is 0.325 e. The van der Waals surface area contributed by atoms with Crippen molar-refractivity contribution in [2.24, 2.45) is 0 Å².